The summed E-state index contributed by atoms with van der Waals surface area (Å²) < 4.78 is 65.7. The summed E-state index contributed by atoms with van der Waals surface area (Å²) in [6.07, 6.45) is -4.70. The van der Waals surface area contributed by atoms with Crippen LogP contribution in [0.3, 0.4) is 0 Å². The Bertz CT molecular complexity index is 471. The van der Waals surface area contributed by atoms with Crippen molar-refractivity contribution in [2.24, 2.45) is 0 Å². The molecule has 0 aliphatic carbocycles. The summed E-state index contributed by atoms with van der Waals surface area (Å²) in [5.74, 6) is -1.57. The number of hydrogen-bond donors (Lipinski definition) is 0. The van der Waals surface area contributed by atoms with Crippen LogP contribution >= 0.6 is 11.6 Å². The lowest BCUT2D eigenvalue weighted by Gasteiger charge is -2.14. The van der Waals surface area contributed by atoms with E-state index >= 15 is 0 Å². The first kappa shape index (κ1) is 15.7. The zero-order valence-corrected chi connectivity index (χ0v) is 10.2. The van der Waals surface area contributed by atoms with Crippen molar-refractivity contribution in [2.45, 2.75) is 25.1 Å². The van der Waals surface area contributed by atoms with Crippen LogP contribution in [0.1, 0.15) is 22.8 Å². The van der Waals surface area contributed by atoms with Crippen molar-refractivity contribution < 1.29 is 31.5 Å². The van der Waals surface area contributed by atoms with Gasteiger partial charge in [-0.05, 0) is 25.1 Å². The molecule has 0 spiro atoms. The summed E-state index contributed by atoms with van der Waals surface area (Å²) in [4.78, 5) is 11.6. The van der Waals surface area contributed by atoms with E-state index < -0.39 is 40.8 Å². The Morgan fingerprint density at radius 2 is 1.89 bits per heavy atom. The topological polar surface area (TPSA) is 26.3 Å². The molecule has 0 saturated heterocycles. The van der Waals surface area contributed by atoms with Gasteiger partial charge in [-0.1, -0.05) is 0 Å². The van der Waals surface area contributed by atoms with Crippen molar-refractivity contribution in [2.75, 3.05) is 0 Å². The van der Waals surface area contributed by atoms with Crippen molar-refractivity contribution >= 4 is 17.4 Å². The Labute approximate surface area is 110 Å². The van der Waals surface area contributed by atoms with Crippen LogP contribution in [0.2, 0.25) is 0 Å². The van der Waals surface area contributed by atoms with Crippen LogP contribution in [-0.2, 0) is 6.18 Å². The van der Waals surface area contributed by atoms with Gasteiger partial charge in [-0.2, -0.15) is 22.0 Å². The highest BCUT2D eigenvalue weighted by Gasteiger charge is 2.32. The SMILES string of the molecule is CC(Cl)C(=O)c1cc(C(F)(F)F)ccc1OC(F)F. The van der Waals surface area contributed by atoms with Crippen molar-refractivity contribution in [1.82, 2.24) is 0 Å². The van der Waals surface area contributed by atoms with Gasteiger partial charge < -0.3 is 4.74 Å². The lowest BCUT2D eigenvalue weighted by Crippen LogP contribution is -2.16. The predicted octanol–water partition coefficient (Wildman–Crippen LogP) is 4.12. The van der Waals surface area contributed by atoms with Crippen LogP contribution in [0.5, 0.6) is 5.75 Å². The molecule has 0 aliphatic heterocycles. The van der Waals surface area contributed by atoms with Crippen molar-refractivity contribution in [3.05, 3.63) is 29.3 Å². The van der Waals surface area contributed by atoms with Gasteiger partial charge in [0.25, 0.3) is 0 Å². The average Bonchev–Trinajstić information content (AvgIpc) is 2.26. The van der Waals surface area contributed by atoms with Gasteiger partial charge in [0.1, 0.15) is 5.75 Å². The number of Topliss-reactive ketones (excluding diaryl/α,β-unsaturated/α-hetero) is 1. The van der Waals surface area contributed by atoms with Gasteiger partial charge in [0.05, 0.1) is 16.5 Å². The summed E-state index contributed by atoms with van der Waals surface area (Å²) >= 11 is 5.46. The molecule has 0 heterocycles. The lowest BCUT2D eigenvalue weighted by molar-refractivity contribution is -0.137. The molecule has 1 aromatic rings. The number of benzene rings is 1. The number of ether oxygens (including phenoxy) is 1. The molecule has 0 aliphatic rings. The molecule has 0 aromatic heterocycles. The van der Waals surface area contributed by atoms with Gasteiger partial charge in [-0.25, -0.2) is 0 Å². The van der Waals surface area contributed by atoms with Crippen molar-refractivity contribution in [3.8, 4) is 5.75 Å². The fraction of sp³-hybridized carbons (Fsp3) is 0.364. The second-order valence-corrected chi connectivity index (χ2v) is 4.22. The van der Waals surface area contributed by atoms with Crippen LogP contribution in [-0.4, -0.2) is 17.8 Å². The maximum atomic E-state index is 12.5. The zero-order valence-electron chi connectivity index (χ0n) is 9.47. The Kier molecular flexibility index (Phi) is 4.73. The largest absolute Gasteiger partial charge is 0.434 e. The number of ketones is 1. The van der Waals surface area contributed by atoms with E-state index in [9.17, 15) is 26.7 Å². The molecule has 0 amide bonds. The first-order valence-electron chi connectivity index (χ1n) is 4.97. The minimum atomic E-state index is -4.70. The van der Waals surface area contributed by atoms with E-state index in [0.29, 0.717) is 18.2 Å². The highest BCUT2D eigenvalue weighted by atomic mass is 35.5. The van der Waals surface area contributed by atoms with Gasteiger partial charge >= 0.3 is 12.8 Å². The zero-order chi connectivity index (χ0) is 14.8. The van der Waals surface area contributed by atoms with Crippen LogP contribution in [0.25, 0.3) is 0 Å². The minimum Gasteiger partial charge on any atom is -0.434 e. The molecule has 1 rings (SSSR count). The van der Waals surface area contributed by atoms with Gasteiger partial charge in [-0.3, -0.25) is 4.79 Å². The molecular weight excluding hydrogens is 295 g/mol. The molecule has 2 nitrogen and oxygen atoms in total. The maximum absolute atomic E-state index is 12.5. The molecule has 0 fully saturated rings. The molecule has 19 heavy (non-hydrogen) atoms. The summed E-state index contributed by atoms with van der Waals surface area (Å²) in [6.45, 7) is -2.04. The summed E-state index contributed by atoms with van der Waals surface area (Å²) in [5, 5.41) is -1.16. The normalized spacial score (nSPS) is 13.5. The van der Waals surface area contributed by atoms with E-state index in [-0.39, 0.29) is 0 Å². The smallest absolute Gasteiger partial charge is 0.416 e. The Morgan fingerprint density at radius 3 is 2.32 bits per heavy atom. The number of halogens is 6. The first-order chi connectivity index (χ1) is 8.62. The van der Waals surface area contributed by atoms with E-state index in [0.717, 1.165) is 0 Å². The van der Waals surface area contributed by atoms with Crippen LogP contribution in [0.15, 0.2) is 18.2 Å². The lowest BCUT2D eigenvalue weighted by atomic mass is 10.0. The third kappa shape index (κ3) is 4.05. The van der Waals surface area contributed by atoms with Crippen molar-refractivity contribution in [1.29, 1.82) is 0 Å². The van der Waals surface area contributed by atoms with E-state index in [1.165, 1.54) is 6.92 Å². The second kappa shape index (κ2) is 5.73. The van der Waals surface area contributed by atoms with Gasteiger partial charge in [0.2, 0.25) is 0 Å². The fourth-order valence-electron chi connectivity index (χ4n) is 1.31. The quantitative estimate of drug-likeness (QED) is 0.475. The molecule has 0 saturated carbocycles. The number of hydrogen-bond acceptors (Lipinski definition) is 2. The Morgan fingerprint density at radius 1 is 1.32 bits per heavy atom. The summed E-state index contributed by atoms with van der Waals surface area (Å²) in [7, 11) is 0. The minimum absolute atomic E-state index is 0.443. The van der Waals surface area contributed by atoms with Crippen LogP contribution in [0.4, 0.5) is 22.0 Å². The molecular formula is C11H8ClF5O2. The molecule has 0 N–H and O–H groups in total. The van der Waals surface area contributed by atoms with E-state index in [2.05, 4.69) is 4.74 Å². The summed E-state index contributed by atoms with van der Waals surface area (Å²) in [5.41, 5.74) is -1.77. The fourth-order valence-corrected chi connectivity index (χ4v) is 1.43. The molecule has 8 heteroatoms. The molecule has 1 atom stereocenters. The van der Waals surface area contributed by atoms with Gasteiger partial charge in [0, 0.05) is 0 Å². The van der Waals surface area contributed by atoms with Crippen molar-refractivity contribution in [3.63, 3.8) is 0 Å². The molecule has 106 valence electrons. The van der Waals surface area contributed by atoms with Crippen LogP contribution < -0.4 is 4.74 Å². The number of carbonyl (C=O) groups excluding carboxylic acids is 1. The molecule has 0 bridgehead atoms. The Balaban J connectivity index is 3.30. The predicted molar refractivity (Wildman–Crippen MR) is 57.7 cm³/mol. The maximum Gasteiger partial charge on any atom is 0.416 e. The monoisotopic (exact) mass is 302 g/mol. The van der Waals surface area contributed by atoms with E-state index in [1.807, 2.05) is 0 Å². The van der Waals surface area contributed by atoms with E-state index in [1.54, 1.807) is 0 Å². The summed E-state index contributed by atoms with van der Waals surface area (Å²) in [6, 6.07) is 1.66. The standard InChI is InChI=1S/C11H8ClF5O2/c1-5(12)9(18)7-4-6(11(15,16)17)2-3-8(7)19-10(13)14/h2-5,10H,1H3. The molecule has 1 unspecified atom stereocenters. The third-order valence-electron chi connectivity index (χ3n) is 2.15. The number of carbonyl (C=O) groups is 1. The molecule has 1 aromatic carbocycles. The Hall–Kier alpha value is -1.37. The molecule has 0 radical (unpaired) electrons. The average molecular weight is 303 g/mol. The number of alkyl halides is 6. The third-order valence-corrected chi connectivity index (χ3v) is 2.35. The van der Waals surface area contributed by atoms with Gasteiger partial charge in [0.15, 0.2) is 5.78 Å². The van der Waals surface area contributed by atoms with Gasteiger partial charge in [-0.15, -0.1) is 11.6 Å². The first-order valence-corrected chi connectivity index (χ1v) is 5.41. The number of rotatable bonds is 4. The highest BCUT2D eigenvalue weighted by molar-refractivity contribution is 6.33. The van der Waals surface area contributed by atoms with Crippen LogP contribution in [0, 0.1) is 0 Å². The highest BCUT2D eigenvalue weighted by Crippen LogP contribution is 2.33. The van der Waals surface area contributed by atoms with E-state index in [4.69, 9.17) is 11.6 Å². The second-order valence-electron chi connectivity index (χ2n) is 3.57.